The highest BCUT2D eigenvalue weighted by atomic mass is 32.2. The average molecular weight is 458 g/mol. The number of hydrogen-bond donors (Lipinski definition) is 0. The second-order valence-corrected chi connectivity index (χ2v) is 9.46. The minimum absolute atomic E-state index is 0.205. The minimum Gasteiger partial charge on any atom is -0.449 e. The molecule has 1 unspecified atom stereocenters. The second kappa shape index (κ2) is 9.33. The zero-order valence-electron chi connectivity index (χ0n) is 17.6. The van der Waals surface area contributed by atoms with Crippen LogP contribution in [0.5, 0.6) is 0 Å². The largest absolute Gasteiger partial charge is 0.449 e. The smallest absolute Gasteiger partial charge is 0.340 e. The van der Waals surface area contributed by atoms with E-state index >= 15 is 0 Å². The van der Waals surface area contributed by atoms with E-state index in [2.05, 4.69) is 23.8 Å². The van der Waals surface area contributed by atoms with E-state index < -0.39 is 12.1 Å². The number of nitrogens with zero attached hydrogens (tertiary/aromatic N) is 3. The van der Waals surface area contributed by atoms with Crippen LogP contribution in [0.3, 0.4) is 0 Å². The number of hydrogen-bond acceptors (Lipinski definition) is 8. The number of fused-ring (bicyclic) bond motifs is 1. The molecular formula is C22H23N3O4S2. The van der Waals surface area contributed by atoms with Crippen molar-refractivity contribution in [2.45, 2.75) is 36.8 Å². The van der Waals surface area contributed by atoms with Crippen molar-refractivity contribution in [3.8, 4) is 0 Å². The van der Waals surface area contributed by atoms with Crippen LogP contribution in [0.2, 0.25) is 0 Å². The molecule has 1 amide bonds. The molecule has 0 N–H and O–H groups in total. The standard InChI is InChI=1S/C22H23N3O4S2/c1-13-15(3)30-19-18(13)20(24-12-23-19)31-17-7-5-4-6-16(17)22(27)29-14(2)21(26)25-8-10-28-11-9-25/h4-7,12,14H,8-11H2,1-3H3. The highest BCUT2D eigenvalue weighted by Gasteiger charge is 2.27. The fourth-order valence-corrected chi connectivity index (χ4v) is 5.50. The van der Waals surface area contributed by atoms with Gasteiger partial charge in [-0.2, -0.15) is 0 Å². The topological polar surface area (TPSA) is 81.6 Å². The van der Waals surface area contributed by atoms with Gasteiger partial charge in [-0.25, -0.2) is 14.8 Å². The number of aromatic nitrogens is 2. The van der Waals surface area contributed by atoms with Gasteiger partial charge in [0.15, 0.2) is 6.10 Å². The van der Waals surface area contributed by atoms with E-state index in [0.29, 0.717) is 31.9 Å². The maximum atomic E-state index is 12.9. The highest BCUT2D eigenvalue weighted by molar-refractivity contribution is 7.99. The van der Waals surface area contributed by atoms with Gasteiger partial charge in [-0.3, -0.25) is 4.79 Å². The van der Waals surface area contributed by atoms with E-state index in [4.69, 9.17) is 9.47 Å². The van der Waals surface area contributed by atoms with Crippen molar-refractivity contribution in [1.82, 2.24) is 14.9 Å². The first kappa shape index (κ1) is 21.7. The molecule has 1 fully saturated rings. The van der Waals surface area contributed by atoms with Crippen LogP contribution in [-0.4, -0.2) is 59.2 Å². The van der Waals surface area contributed by atoms with Crippen LogP contribution in [0.15, 0.2) is 40.5 Å². The number of amides is 1. The molecule has 162 valence electrons. The van der Waals surface area contributed by atoms with Crippen molar-refractivity contribution >= 4 is 45.2 Å². The Morgan fingerprint density at radius 3 is 2.71 bits per heavy atom. The third kappa shape index (κ3) is 4.58. The summed E-state index contributed by atoms with van der Waals surface area (Å²) in [7, 11) is 0. The predicted molar refractivity (Wildman–Crippen MR) is 120 cm³/mol. The molecular weight excluding hydrogens is 434 g/mol. The first-order chi connectivity index (χ1) is 15.0. The molecule has 1 aliphatic rings. The lowest BCUT2D eigenvalue weighted by Crippen LogP contribution is -2.46. The number of esters is 1. The summed E-state index contributed by atoms with van der Waals surface area (Å²) >= 11 is 3.04. The molecule has 7 nitrogen and oxygen atoms in total. The van der Waals surface area contributed by atoms with Gasteiger partial charge in [0.2, 0.25) is 0 Å². The number of carbonyl (C=O) groups is 2. The highest BCUT2D eigenvalue weighted by Crippen LogP contribution is 2.38. The zero-order chi connectivity index (χ0) is 22.0. The second-order valence-electron chi connectivity index (χ2n) is 7.23. The number of ether oxygens (including phenoxy) is 2. The number of thiophene rings is 1. The van der Waals surface area contributed by atoms with Gasteiger partial charge in [0.05, 0.1) is 18.8 Å². The van der Waals surface area contributed by atoms with Crippen LogP contribution in [0.25, 0.3) is 10.2 Å². The molecule has 31 heavy (non-hydrogen) atoms. The summed E-state index contributed by atoms with van der Waals surface area (Å²) in [4.78, 5) is 38.9. The summed E-state index contributed by atoms with van der Waals surface area (Å²) in [6.07, 6.45) is 0.681. The van der Waals surface area contributed by atoms with Gasteiger partial charge in [0.1, 0.15) is 16.2 Å². The van der Waals surface area contributed by atoms with E-state index in [1.54, 1.807) is 41.6 Å². The molecule has 0 bridgehead atoms. The summed E-state index contributed by atoms with van der Waals surface area (Å²) in [5, 5.41) is 1.80. The van der Waals surface area contributed by atoms with E-state index in [1.807, 2.05) is 12.1 Å². The number of carbonyl (C=O) groups excluding carboxylic acids is 2. The van der Waals surface area contributed by atoms with Crippen LogP contribution in [-0.2, 0) is 14.3 Å². The van der Waals surface area contributed by atoms with Crippen LogP contribution >= 0.6 is 23.1 Å². The molecule has 0 spiro atoms. The lowest BCUT2D eigenvalue weighted by Gasteiger charge is -2.29. The number of benzene rings is 1. The Bertz CT molecular complexity index is 1130. The summed E-state index contributed by atoms with van der Waals surface area (Å²) in [5.41, 5.74) is 1.55. The Labute approximate surface area is 188 Å². The Kier molecular flexibility index (Phi) is 6.54. The monoisotopic (exact) mass is 457 g/mol. The summed E-state index contributed by atoms with van der Waals surface area (Å²) in [5.74, 6) is -0.732. The molecule has 9 heteroatoms. The van der Waals surface area contributed by atoms with Crippen molar-refractivity contribution in [2.24, 2.45) is 0 Å². The van der Waals surface area contributed by atoms with Crippen molar-refractivity contribution < 1.29 is 19.1 Å². The summed E-state index contributed by atoms with van der Waals surface area (Å²) in [6, 6.07) is 7.22. The Morgan fingerprint density at radius 2 is 1.94 bits per heavy atom. The molecule has 1 atom stereocenters. The number of rotatable bonds is 5. The summed E-state index contributed by atoms with van der Waals surface area (Å²) in [6.45, 7) is 7.75. The van der Waals surface area contributed by atoms with Crippen molar-refractivity contribution in [3.63, 3.8) is 0 Å². The van der Waals surface area contributed by atoms with Crippen molar-refractivity contribution in [3.05, 3.63) is 46.6 Å². The lowest BCUT2D eigenvalue weighted by molar-refractivity contribution is -0.143. The van der Waals surface area contributed by atoms with Gasteiger partial charge in [0, 0.05) is 28.2 Å². The van der Waals surface area contributed by atoms with E-state index in [-0.39, 0.29) is 5.91 Å². The SMILES string of the molecule is Cc1sc2ncnc(Sc3ccccc3C(=O)OC(C)C(=O)N3CCOCC3)c2c1C. The van der Waals surface area contributed by atoms with Crippen molar-refractivity contribution in [2.75, 3.05) is 26.3 Å². The lowest BCUT2D eigenvalue weighted by atomic mass is 10.2. The fourth-order valence-electron chi connectivity index (χ4n) is 3.37. The van der Waals surface area contributed by atoms with Crippen LogP contribution < -0.4 is 0 Å². The Balaban J connectivity index is 1.55. The van der Waals surface area contributed by atoms with Gasteiger partial charge < -0.3 is 14.4 Å². The van der Waals surface area contributed by atoms with Gasteiger partial charge in [-0.1, -0.05) is 23.9 Å². The molecule has 4 rings (SSSR count). The first-order valence-electron chi connectivity index (χ1n) is 10.0. The normalized spacial score (nSPS) is 15.1. The first-order valence-corrected chi connectivity index (χ1v) is 11.6. The van der Waals surface area contributed by atoms with Gasteiger partial charge >= 0.3 is 5.97 Å². The molecule has 3 heterocycles. The molecule has 3 aromatic rings. The minimum atomic E-state index is -0.865. The molecule has 0 saturated carbocycles. The third-order valence-electron chi connectivity index (χ3n) is 5.20. The van der Waals surface area contributed by atoms with E-state index in [9.17, 15) is 9.59 Å². The molecule has 1 saturated heterocycles. The predicted octanol–water partition coefficient (Wildman–Crippen LogP) is 3.86. The van der Waals surface area contributed by atoms with Gasteiger partial charge in [-0.15, -0.1) is 11.3 Å². The Hall–Kier alpha value is -2.49. The molecule has 0 aliphatic carbocycles. The van der Waals surface area contributed by atoms with E-state index in [1.165, 1.54) is 16.6 Å². The Morgan fingerprint density at radius 1 is 1.19 bits per heavy atom. The van der Waals surface area contributed by atoms with Crippen LogP contribution in [0.4, 0.5) is 0 Å². The van der Waals surface area contributed by atoms with Crippen LogP contribution in [0.1, 0.15) is 27.7 Å². The number of aryl methyl sites for hydroxylation is 2. The van der Waals surface area contributed by atoms with Crippen LogP contribution in [0, 0.1) is 13.8 Å². The van der Waals surface area contributed by atoms with Gasteiger partial charge in [0.25, 0.3) is 5.91 Å². The molecule has 0 radical (unpaired) electrons. The maximum Gasteiger partial charge on any atom is 0.340 e. The quantitative estimate of drug-likeness (QED) is 0.425. The summed E-state index contributed by atoms with van der Waals surface area (Å²) < 4.78 is 10.8. The fraction of sp³-hybridized carbons (Fsp3) is 0.364. The van der Waals surface area contributed by atoms with Gasteiger partial charge in [-0.05, 0) is 38.5 Å². The maximum absolute atomic E-state index is 12.9. The zero-order valence-corrected chi connectivity index (χ0v) is 19.2. The molecule has 1 aliphatic heterocycles. The third-order valence-corrected chi connectivity index (χ3v) is 7.39. The van der Waals surface area contributed by atoms with Crippen molar-refractivity contribution in [1.29, 1.82) is 0 Å². The molecule has 2 aromatic heterocycles. The average Bonchev–Trinajstić information content (AvgIpc) is 3.08. The number of morpholine rings is 1. The molecule has 1 aromatic carbocycles. The van der Waals surface area contributed by atoms with E-state index in [0.717, 1.165) is 25.7 Å².